The molecule has 2 rings (SSSR count). The third-order valence-electron chi connectivity index (χ3n) is 1.93. The number of hydrogen-bond acceptors (Lipinski definition) is 5. The van der Waals surface area contributed by atoms with E-state index in [0.29, 0.717) is 0 Å². The minimum Gasteiger partial charge on any atom is -0.411 e. The first-order valence-corrected chi connectivity index (χ1v) is 5.69. The zero-order valence-corrected chi connectivity index (χ0v) is 9.96. The van der Waals surface area contributed by atoms with Crippen molar-refractivity contribution in [2.24, 2.45) is 0 Å². The largest absolute Gasteiger partial charge is 0.446 e. The highest BCUT2D eigenvalue weighted by Crippen LogP contribution is 2.36. The van der Waals surface area contributed by atoms with Crippen LogP contribution in [0.15, 0.2) is 40.0 Å². The van der Waals surface area contributed by atoms with Crippen LogP contribution in [0.4, 0.5) is 19.2 Å². The van der Waals surface area contributed by atoms with Gasteiger partial charge in [-0.2, -0.15) is 13.2 Å². The van der Waals surface area contributed by atoms with Crippen LogP contribution in [0.5, 0.6) is 0 Å². The van der Waals surface area contributed by atoms with E-state index in [-0.39, 0.29) is 28.2 Å². The molecule has 0 radical (unpaired) electrons. The highest BCUT2D eigenvalue weighted by atomic mass is 32.2. The maximum atomic E-state index is 12.1. The van der Waals surface area contributed by atoms with Crippen LogP contribution in [0, 0.1) is 0 Å². The Balaban J connectivity index is 2.04. The van der Waals surface area contributed by atoms with Crippen molar-refractivity contribution in [3.63, 3.8) is 0 Å². The van der Waals surface area contributed by atoms with Gasteiger partial charge in [0.05, 0.1) is 0 Å². The fourth-order valence-corrected chi connectivity index (χ4v) is 1.74. The summed E-state index contributed by atoms with van der Waals surface area (Å²) in [5, 5.41) is 9.11. The molecule has 0 atom stereocenters. The number of aromatic nitrogens is 2. The number of halogens is 3. The summed E-state index contributed by atoms with van der Waals surface area (Å²) in [6, 6.07) is 4.89. The summed E-state index contributed by atoms with van der Waals surface area (Å²) in [5.74, 6) is -0.548. The van der Waals surface area contributed by atoms with Gasteiger partial charge in [0, 0.05) is 10.5 Å². The smallest absolute Gasteiger partial charge is 0.411 e. The molecule has 1 amide bonds. The third-order valence-corrected chi connectivity index (χ3v) is 2.67. The van der Waals surface area contributed by atoms with Crippen molar-refractivity contribution < 1.29 is 22.4 Å². The molecule has 0 aliphatic carbocycles. The number of hydrogen-bond donors (Lipinski definition) is 1. The van der Waals surface area contributed by atoms with Crippen molar-refractivity contribution in [3.05, 3.63) is 36.2 Å². The van der Waals surface area contributed by atoms with Gasteiger partial charge < -0.3 is 4.42 Å². The van der Waals surface area contributed by atoms with Gasteiger partial charge in [0.1, 0.15) is 0 Å². The van der Waals surface area contributed by atoms with Crippen LogP contribution in [-0.2, 0) is 0 Å². The molecular weight excluding hydrogens is 283 g/mol. The Morgan fingerprint density at radius 3 is 2.47 bits per heavy atom. The van der Waals surface area contributed by atoms with E-state index in [1.165, 1.54) is 24.3 Å². The fourth-order valence-electron chi connectivity index (χ4n) is 1.20. The number of carbonyl (C=O) groups is 1. The molecule has 0 bridgehead atoms. The number of nitrogens with one attached hydrogen (secondary N) is 1. The Labute approximate surface area is 109 Å². The molecule has 1 aromatic carbocycles. The first-order chi connectivity index (χ1) is 8.94. The average molecular weight is 289 g/mol. The predicted molar refractivity (Wildman–Crippen MR) is 60.6 cm³/mol. The van der Waals surface area contributed by atoms with Gasteiger partial charge in [-0.3, -0.25) is 10.1 Å². The summed E-state index contributed by atoms with van der Waals surface area (Å²) < 4.78 is 41.0. The molecule has 0 spiro atoms. The summed E-state index contributed by atoms with van der Waals surface area (Å²) in [5.41, 5.74) is -4.17. The van der Waals surface area contributed by atoms with Crippen molar-refractivity contribution in [1.29, 1.82) is 0 Å². The zero-order valence-electron chi connectivity index (χ0n) is 9.14. The van der Waals surface area contributed by atoms with Gasteiger partial charge >= 0.3 is 11.5 Å². The lowest BCUT2D eigenvalue weighted by Gasteiger charge is -2.06. The SMILES string of the molecule is O=C(Nc1nnco1)c1ccc(SC(F)(F)F)cc1. The molecule has 5 nitrogen and oxygen atoms in total. The van der Waals surface area contributed by atoms with E-state index in [1.54, 1.807) is 0 Å². The van der Waals surface area contributed by atoms with E-state index in [9.17, 15) is 18.0 Å². The minimum absolute atomic E-state index is 0.00170. The van der Waals surface area contributed by atoms with Gasteiger partial charge in [-0.15, -0.1) is 5.10 Å². The number of alkyl halides is 3. The molecule has 0 aliphatic heterocycles. The van der Waals surface area contributed by atoms with Gasteiger partial charge in [0.25, 0.3) is 5.91 Å². The molecular formula is C10H6F3N3O2S. The second-order valence-electron chi connectivity index (χ2n) is 3.27. The molecule has 19 heavy (non-hydrogen) atoms. The number of nitrogens with zero attached hydrogens (tertiary/aromatic N) is 2. The molecule has 9 heteroatoms. The monoisotopic (exact) mass is 289 g/mol. The van der Waals surface area contributed by atoms with E-state index in [0.717, 1.165) is 6.39 Å². The molecule has 0 fully saturated rings. The lowest BCUT2D eigenvalue weighted by atomic mass is 10.2. The Hall–Kier alpha value is -2.03. The molecule has 0 unspecified atom stereocenters. The Morgan fingerprint density at radius 1 is 1.26 bits per heavy atom. The van der Waals surface area contributed by atoms with Crippen LogP contribution < -0.4 is 5.32 Å². The number of carbonyl (C=O) groups excluding carboxylic acids is 1. The summed E-state index contributed by atoms with van der Waals surface area (Å²) in [6.45, 7) is 0. The van der Waals surface area contributed by atoms with E-state index >= 15 is 0 Å². The molecule has 100 valence electrons. The zero-order chi connectivity index (χ0) is 13.9. The Bertz CT molecular complexity index is 554. The highest BCUT2D eigenvalue weighted by molar-refractivity contribution is 8.00. The van der Waals surface area contributed by atoms with Crippen LogP contribution in [0.2, 0.25) is 0 Å². The van der Waals surface area contributed by atoms with Crippen molar-refractivity contribution in [3.8, 4) is 0 Å². The second-order valence-corrected chi connectivity index (χ2v) is 4.41. The van der Waals surface area contributed by atoms with Gasteiger partial charge in [0.15, 0.2) is 0 Å². The lowest BCUT2D eigenvalue weighted by Crippen LogP contribution is -2.12. The van der Waals surface area contributed by atoms with Crippen LogP contribution in [0.3, 0.4) is 0 Å². The van der Waals surface area contributed by atoms with Gasteiger partial charge in [-0.05, 0) is 36.0 Å². The Kier molecular flexibility index (Phi) is 3.74. The summed E-state index contributed by atoms with van der Waals surface area (Å²) in [4.78, 5) is 11.6. The molecule has 0 saturated heterocycles. The topological polar surface area (TPSA) is 68.0 Å². The predicted octanol–water partition coefficient (Wildman–Crippen LogP) is 2.93. The van der Waals surface area contributed by atoms with Crippen molar-refractivity contribution in [1.82, 2.24) is 10.2 Å². The van der Waals surface area contributed by atoms with Crippen molar-refractivity contribution in [2.45, 2.75) is 10.4 Å². The number of thioether (sulfide) groups is 1. The molecule has 0 saturated carbocycles. The van der Waals surface area contributed by atoms with Crippen LogP contribution >= 0.6 is 11.8 Å². The quantitative estimate of drug-likeness (QED) is 0.880. The van der Waals surface area contributed by atoms with Gasteiger partial charge in [-0.1, -0.05) is 5.10 Å². The molecule has 1 heterocycles. The van der Waals surface area contributed by atoms with E-state index in [1.807, 2.05) is 0 Å². The highest BCUT2D eigenvalue weighted by Gasteiger charge is 2.29. The van der Waals surface area contributed by atoms with Gasteiger partial charge in [0.2, 0.25) is 6.39 Å². The first kappa shape index (κ1) is 13.4. The molecule has 1 aromatic heterocycles. The van der Waals surface area contributed by atoms with Crippen LogP contribution in [-0.4, -0.2) is 21.6 Å². The van der Waals surface area contributed by atoms with Crippen molar-refractivity contribution in [2.75, 3.05) is 5.32 Å². The molecule has 1 N–H and O–H groups in total. The Morgan fingerprint density at radius 2 is 1.95 bits per heavy atom. The van der Waals surface area contributed by atoms with E-state index in [2.05, 4.69) is 15.5 Å². The number of benzene rings is 1. The molecule has 2 aromatic rings. The lowest BCUT2D eigenvalue weighted by molar-refractivity contribution is -0.0328. The van der Waals surface area contributed by atoms with Crippen LogP contribution in [0.1, 0.15) is 10.4 Å². The normalized spacial score (nSPS) is 11.3. The van der Waals surface area contributed by atoms with E-state index in [4.69, 9.17) is 4.42 Å². The van der Waals surface area contributed by atoms with E-state index < -0.39 is 11.4 Å². The number of amides is 1. The maximum Gasteiger partial charge on any atom is 0.446 e. The minimum atomic E-state index is -4.35. The summed E-state index contributed by atoms with van der Waals surface area (Å²) >= 11 is -0.246. The molecule has 0 aliphatic rings. The van der Waals surface area contributed by atoms with Crippen LogP contribution in [0.25, 0.3) is 0 Å². The standard InChI is InChI=1S/C10H6F3N3O2S/c11-10(12,13)19-7-3-1-6(2-4-7)8(17)15-9-16-14-5-18-9/h1-5H,(H,15,16,17). The third kappa shape index (κ3) is 3.98. The van der Waals surface area contributed by atoms with Crippen molar-refractivity contribution >= 4 is 23.7 Å². The number of rotatable bonds is 3. The average Bonchev–Trinajstić information content (AvgIpc) is 2.80. The summed E-state index contributed by atoms with van der Waals surface area (Å²) in [7, 11) is 0. The first-order valence-electron chi connectivity index (χ1n) is 4.87. The fraction of sp³-hybridized carbons (Fsp3) is 0.100. The number of anilines is 1. The van der Waals surface area contributed by atoms with Gasteiger partial charge in [-0.25, -0.2) is 0 Å². The summed E-state index contributed by atoms with van der Waals surface area (Å²) in [6.07, 6.45) is 1.04. The maximum absolute atomic E-state index is 12.1. The second kappa shape index (κ2) is 5.31.